The van der Waals surface area contributed by atoms with Crippen LogP contribution in [0, 0.1) is 0 Å². The number of carbonyl (C=O) groups excluding carboxylic acids is 1. The summed E-state index contributed by atoms with van der Waals surface area (Å²) in [6.07, 6.45) is 6.91. The highest BCUT2D eigenvalue weighted by Gasteiger charge is 2.11. The van der Waals surface area contributed by atoms with Crippen LogP contribution < -0.4 is 5.73 Å². The Kier molecular flexibility index (Phi) is 2.01. The van der Waals surface area contributed by atoms with Crippen LogP contribution in [-0.2, 0) is 0 Å². The molecule has 2 aliphatic rings. The van der Waals surface area contributed by atoms with E-state index < -0.39 is 5.91 Å². The summed E-state index contributed by atoms with van der Waals surface area (Å²) in [4.78, 5) is 19.6. The van der Waals surface area contributed by atoms with E-state index in [0.717, 1.165) is 21.9 Å². The Bertz CT molecular complexity index is 693. The fraction of sp³-hybridized carbons (Fsp3) is 0. The molecule has 4 nitrogen and oxygen atoms in total. The maximum atomic E-state index is 11.4. The molecule has 0 aromatic heterocycles. The summed E-state index contributed by atoms with van der Waals surface area (Å²) in [6, 6.07) is 5.46. The van der Waals surface area contributed by atoms with Gasteiger partial charge in [0, 0.05) is 46.9 Å². The van der Waals surface area contributed by atoms with Crippen molar-refractivity contribution in [3.63, 3.8) is 0 Å². The van der Waals surface area contributed by atoms with Gasteiger partial charge in [0.1, 0.15) is 0 Å². The van der Waals surface area contributed by atoms with E-state index in [0.29, 0.717) is 5.56 Å². The molecule has 0 spiro atoms. The third kappa shape index (κ3) is 1.42. The van der Waals surface area contributed by atoms with Crippen LogP contribution in [-0.4, -0.2) is 15.9 Å². The largest absolute Gasteiger partial charge is 0.366 e. The predicted octanol–water partition coefficient (Wildman–Crippen LogP) is 1.83. The monoisotopic (exact) mass is 223 g/mol. The van der Waals surface area contributed by atoms with Gasteiger partial charge in [0.25, 0.3) is 0 Å². The minimum atomic E-state index is -0.448. The second-order valence-corrected chi connectivity index (χ2v) is 3.81. The van der Waals surface area contributed by atoms with Gasteiger partial charge >= 0.3 is 0 Å². The zero-order valence-corrected chi connectivity index (χ0v) is 8.92. The summed E-state index contributed by atoms with van der Waals surface area (Å²) < 4.78 is 0. The fourth-order valence-corrected chi connectivity index (χ4v) is 2.01. The molecule has 2 heterocycles. The van der Waals surface area contributed by atoms with Crippen molar-refractivity contribution in [2.24, 2.45) is 5.73 Å². The van der Waals surface area contributed by atoms with Gasteiger partial charge in [0.15, 0.2) is 0 Å². The highest BCUT2D eigenvalue weighted by molar-refractivity contribution is 6.09. The first-order valence-corrected chi connectivity index (χ1v) is 5.17. The van der Waals surface area contributed by atoms with E-state index in [2.05, 4.69) is 9.97 Å². The standard InChI is InChI=1S/C13H9N3O/c14-13(17)10-3-1-2-9-11-6-15-4-8(11)5-16-7-12(9)10/h1-7H,(H2,14,17). The second-order valence-electron chi connectivity index (χ2n) is 3.81. The van der Waals surface area contributed by atoms with E-state index in [4.69, 9.17) is 5.73 Å². The Balaban J connectivity index is 2.51. The molecule has 0 atom stereocenters. The van der Waals surface area contributed by atoms with Gasteiger partial charge in [-0.25, -0.2) is 0 Å². The molecule has 0 unspecified atom stereocenters. The molecule has 4 heteroatoms. The molecule has 1 aromatic carbocycles. The van der Waals surface area contributed by atoms with Crippen LogP contribution in [0.5, 0.6) is 0 Å². The van der Waals surface area contributed by atoms with Crippen molar-refractivity contribution in [1.82, 2.24) is 9.97 Å². The van der Waals surface area contributed by atoms with Crippen LogP contribution >= 0.6 is 0 Å². The molecular weight excluding hydrogens is 214 g/mol. The van der Waals surface area contributed by atoms with E-state index in [1.165, 1.54) is 0 Å². The Morgan fingerprint density at radius 1 is 1.00 bits per heavy atom. The lowest BCUT2D eigenvalue weighted by Gasteiger charge is -2.01. The van der Waals surface area contributed by atoms with Gasteiger partial charge in [0.05, 0.1) is 0 Å². The SMILES string of the molecule is NC(=O)c1cccc2c3cncc-3cncc12. The smallest absolute Gasteiger partial charge is 0.249 e. The molecule has 0 radical (unpaired) electrons. The van der Waals surface area contributed by atoms with Crippen LogP contribution in [0.1, 0.15) is 10.4 Å². The van der Waals surface area contributed by atoms with Crippen LogP contribution in [0.3, 0.4) is 0 Å². The molecule has 0 bridgehead atoms. The molecule has 0 saturated heterocycles. The first-order valence-electron chi connectivity index (χ1n) is 5.17. The summed E-state index contributed by atoms with van der Waals surface area (Å²) in [5.74, 6) is -0.448. The number of primary amides is 1. The Hall–Kier alpha value is -2.49. The summed E-state index contributed by atoms with van der Waals surface area (Å²) >= 11 is 0. The lowest BCUT2D eigenvalue weighted by atomic mass is 10.0. The molecule has 1 aromatic rings. The fourth-order valence-electron chi connectivity index (χ4n) is 2.01. The van der Waals surface area contributed by atoms with Gasteiger partial charge in [-0.15, -0.1) is 0 Å². The number of benzene rings is 1. The van der Waals surface area contributed by atoms with Crippen LogP contribution in [0.4, 0.5) is 0 Å². The van der Waals surface area contributed by atoms with Crippen molar-refractivity contribution in [2.75, 3.05) is 0 Å². The number of nitrogens with zero attached hydrogens (tertiary/aromatic N) is 2. The van der Waals surface area contributed by atoms with E-state index in [-0.39, 0.29) is 0 Å². The molecule has 82 valence electrons. The normalized spacial score (nSPS) is 10.8. The number of fused-ring (bicyclic) bond motifs is 3. The number of nitrogens with two attached hydrogens (primary N) is 1. The van der Waals surface area contributed by atoms with Crippen LogP contribution in [0.15, 0.2) is 43.0 Å². The van der Waals surface area contributed by atoms with Gasteiger partial charge in [-0.05, 0) is 11.5 Å². The Labute approximate surface area is 97.5 Å². The lowest BCUT2D eigenvalue weighted by Crippen LogP contribution is -2.11. The molecular formula is C13H9N3O. The number of hydrogen-bond acceptors (Lipinski definition) is 3. The molecule has 0 aliphatic carbocycles. The van der Waals surface area contributed by atoms with E-state index >= 15 is 0 Å². The molecule has 17 heavy (non-hydrogen) atoms. The summed E-state index contributed by atoms with van der Waals surface area (Å²) in [7, 11) is 0. The third-order valence-corrected chi connectivity index (χ3v) is 2.81. The van der Waals surface area contributed by atoms with Gasteiger partial charge < -0.3 is 5.73 Å². The molecule has 3 rings (SSSR count). The summed E-state index contributed by atoms with van der Waals surface area (Å²) in [6.45, 7) is 0. The maximum absolute atomic E-state index is 11.4. The summed E-state index contributed by atoms with van der Waals surface area (Å²) in [5, 5.41) is 1.69. The van der Waals surface area contributed by atoms with E-state index in [1.807, 2.05) is 12.1 Å². The number of carbonyl (C=O) groups is 1. The van der Waals surface area contributed by atoms with Gasteiger partial charge in [-0.3, -0.25) is 14.8 Å². The van der Waals surface area contributed by atoms with E-state index in [1.54, 1.807) is 30.9 Å². The average molecular weight is 223 g/mol. The zero-order chi connectivity index (χ0) is 11.8. The number of aromatic nitrogens is 2. The Morgan fingerprint density at radius 2 is 1.76 bits per heavy atom. The van der Waals surface area contributed by atoms with Crippen molar-refractivity contribution in [3.05, 3.63) is 48.5 Å². The topological polar surface area (TPSA) is 68.9 Å². The molecule has 1 amide bonds. The molecule has 0 saturated carbocycles. The highest BCUT2D eigenvalue weighted by atomic mass is 16.1. The number of rotatable bonds is 1. The predicted molar refractivity (Wildman–Crippen MR) is 64.7 cm³/mol. The van der Waals surface area contributed by atoms with Crippen molar-refractivity contribution in [3.8, 4) is 11.1 Å². The van der Waals surface area contributed by atoms with Gasteiger partial charge in [-0.2, -0.15) is 0 Å². The number of amides is 1. The summed E-state index contributed by atoms with van der Waals surface area (Å²) in [5.41, 5.74) is 7.76. The minimum absolute atomic E-state index is 0.448. The first kappa shape index (κ1) is 9.72. The van der Waals surface area contributed by atoms with Gasteiger partial charge in [0.2, 0.25) is 5.91 Å². The molecule has 2 N–H and O–H groups in total. The van der Waals surface area contributed by atoms with Crippen LogP contribution in [0.2, 0.25) is 0 Å². The maximum Gasteiger partial charge on any atom is 0.249 e. The highest BCUT2D eigenvalue weighted by Crippen LogP contribution is 2.29. The average Bonchev–Trinajstić information content (AvgIpc) is 2.70. The first-order chi connectivity index (χ1) is 8.27. The lowest BCUT2D eigenvalue weighted by molar-refractivity contribution is 0.100. The van der Waals surface area contributed by atoms with Crippen molar-refractivity contribution in [1.29, 1.82) is 0 Å². The van der Waals surface area contributed by atoms with Crippen molar-refractivity contribution < 1.29 is 4.79 Å². The third-order valence-electron chi connectivity index (χ3n) is 2.81. The number of hydrogen-bond donors (Lipinski definition) is 1. The Morgan fingerprint density at radius 3 is 2.53 bits per heavy atom. The quantitative estimate of drug-likeness (QED) is 0.684. The second kappa shape index (κ2) is 3.52. The zero-order valence-electron chi connectivity index (χ0n) is 8.92. The minimum Gasteiger partial charge on any atom is -0.366 e. The van der Waals surface area contributed by atoms with E-state index in [9.17, 15) is 4.79 Å². The van der Waals surface area contributed by atoms with Crippen LogP contribution in [0.25, 0.3) is 21.9 Å². The van der Waals surface area contributed by atoms with Crippen molar-refractivity contribution >= 4 is 16.7 Å². The molecule has 0 fully saturated rings. The van der Waals surface area contributed by atoms with Crippen molar-refractivity contribution in [2.45, 2.75) is 0 Å². The molecule has 2 aliphatic heterocycles. The van der Waals surface area contributed by atoms with Gasteiger partial charge in [-0.1, -0.05) is 12.1 Å².